The molecule has 3 rings (SSSR count). The lowest BCUT2D eigenvalue weighted by Crippen LogP contribution is -2.13. The van der Waals surface area contributed by atoms with Crippen LogP contribution in [0.3, 0.4) is 0 Å². The van der Waals surface area contributed by atoms with E-state index >= 15 is 0 Å². The van der Waals surface area contributed by atoms with Crippen molar-refractivity contribution in [3.05, 3.63) is 94.0 Å². The molecule has 0 spiro atoms. The highest BCUT2D eigenvalue weighted by molar-refractivity contribution is 7.36. The predicted molar refractivity (Wildman–Crippen MR) is 128 cm³/mol. The number of rotatable bonds is 10. The van der Waals surface area contributed by atoms with E-state index in [2.05, 4.69) is 38.8 Å². The first-order chi connectivity index (χ1) is 15.3. The number of benzene rings is 3. The third-order valence-electron chi connectivity index (χ3n) is 5.39. The van der Waals surface area contributed by atoms with Crippen LogP contribution in [0.15, 0.2) is 60.7 Å². The molecule has 0 bridgehead atoms. The number of nitrogens with one attached hydrogen (secondary N) is 1. The molecular formula is C26H31NO4P+. The zero-order chi connectivity index (χ0) is 23.1. The van der Waals surface area contributed by atoms with Crippen LogP contribution in [0.25, 0.3) is 0 Å². The molecule has 6 heteroatoms. The number of phenolic OH excluding ortho intramolecular Hbond substituents is 1. The van der Waals surface area contributed by atoms with Gasteiger partial charge in [-0.25, -0.2) is 0 Å². The van der Waals surface area contributed by atoms with Crippen LogP contribution in [-0.2, 0) is 22.1 Å². The highest BCUT2D eigenvalue weighted by atomic mass is 31.1. The Morgan fingerprint density at radius 2 is 1.66 bits per heavy atom. The molecule has 0 saturated heterocycles. The van der Waals surface area contributed by atoms with Crippen molar-refractivity contribution >= 4 is 8.18 Å². The molecule has 0 aliphatic carbocycles. The number of hydrogen-bond acceptors (Lipinski definition) is 4. The Morgan fingerprint density at radius 1 is 0.969 bits per heavy atom. The van der Waals surface area contributed by atoms with Gasteiger partial charge in [-0.15, -0.1) is 4.52 Å². The van der Waals surface area contributed by atoms with Gasteiger partial charge in [-0.2, -0.15) is 0 Å². The van der Waals surface area contributed by atoms with E-state index in [-0.39, 0.29) is 19.3 Å². The average Bonchev–Trinajstić information content (AvgIpc) is 2.76. The molecule has 0 heterocycles. The molecule has 0 saturated carbocycles. The molecular weight excluding hydrogens is 421 g/mol. The van der Waals surface area contributed by atoms with Crippen LogP contribution in [0.4, 0.5) is 0 Å². The lowest BCUT2D eigenvalue weighted by molar-refractivity contribution is 0.277. The molecule has 0 aromatic heterocycles. The van der Waals surface area contributed by atoms with Gasteiger partial charge in [0.1, 0.15) is 18.1 Å². The molecule has 0 amide bonds. The Kier molecular flexibility index (Phi) is 8.40. The van der Waals surface area contributed by atoms with Crippen molar-refractivity contribution in [1.82, 2.24) is 5.09 Å². The summed E-state index contributed by atoms with van der Waals surface area (Å²) >= 11 is 0. The van der Waals surface area contributed by atoms with Crippen molar-refractivity contribution in [3.8, 4) is 11.5 Å². The maximum Gasteiger partial charge on any atom is 0.616 e. The molecule has 3 aromatic carbocycles. The van der Waals surface area contributed by atoms with Gasteiger partial charge in [-0.3, -0.25) is 0 Å². The minimum absolute atomic E-state index is 0.0952. The first-order valence-corrected chi connectivity index (χ1v) is 11.9. The van der Waals surface area contributed by atoms with Gasteiger partial charge in [0.05, 0.1) is 0 Å². The summed E-state index contributed by atoms with van der Waals surface area (Å²) in [6.07, 6.45) is 0.787. The topological polar surface area (TPSA) is 67.8 Å². The third-order valence-corrected chi connectivity index (χ3v) is 6.14. The molecule has 2 N–H and O–H groups in total. The van der Waals surface area contributed by atoms with Crippen molar-refractivity contribution in [1.29, 1.82) is 0 Å². The largest absolute Gasteiger partial charge is 0.616 e. The molecule has 0 aliphatic heterocycles. The third kappa shape index (κ3) is 6.64. The maximum atomic E-state index is 12.0. The Morgan fingerprint density at radius 3 is 2.31 bits per heavy atom. The fourth-order valence-electron chi connectivity index (χ4n) is 3.62. The van der Waals surface area contributed by atoms with Crippen LogP contribution in [0, 0.1) is 13.8 Å². The smallest absolute Gasteiger partial charge is 0.508 e. The number of hydrogen-bond donors (Lipinski definition) is 2. The second-order valence-electron chi connectivity index (χ2n) is 8.22. The second kappa shape index (κ2) is 11.2. The summed E-state index contributed by atoms with van der Waals surface area (Å²) in [6, 6.07) is 19.4. The van der Waals surface area contributed by atoms with Gasteiger partial charge in [0.2, 0.25) is 0 Å². The summed E-state index contributed by atoms with van der Waals surface area (Å²) in [7, 11) is -2.01. The van der Waals surface area contributed by atoms with Crippen LogP contribution >= 0.6 is 8.18 Å². The Balaban J connectivity index is 1.56. The summed E-state index contributed by atoms with van der Waals surface area (Å²) in [4.78, 5) is 0. The molecule has 168 valence electrons. The van der Waals surface area contributed by atoms with Gasteiger partial charge < -0.3 is 9.84 Å². The van der Waals surface area contributed by atoms with Crippen LogP contribution < -0.4 is 9.82 Å². The van der Waals surface area contributed by atoms with Crippen LogP contribution in [0.2, 0.25) is 0 Å². The molecule has 3 aromatic rings. The van der Waals surface area contributed by atoms with E-state index < -0.39 is 8.18 Å². The standard InChI is InChI=1S/C26H30NO4P/c1-18(2)24-14-22(10-11-26(24)28)15-25-19(3)12-23(13-20(25)4)30-17-27-32(29)31-16-21-8-6-5-7-9-21/h5-14,18H,15-17H2,1-4H3,(H-,27,28,29)/p+1. The van der Waals surface area contributed by atoms with Gasteiger partial charge in [-0.1, -0.05) is 56.3 Å². The summed E-state index contributed by atoms with van der Waals surface area (Å²) in [6.45, 7) is 8.67. The minimum Gasteiger partial charge on any atom is -0.508 e. The Hall–Kier alpha value is -2.72. The van der Waals surface area contributed by atoms with Crippen molar-refractivity contribution < 1.29 is 18.9 Å². The lowest BCUT2D eigenvalue weighted by atomic mass is 9.93. The van der Waals surface area contributed by atoms with Crippen LogP contribution in [0.1, 0.15) is 53.1 Å². The van der Waals surface area contributed by atoms with Crippen molar-refractivity contribution in [2.75, 3.05) is 6.73 Å². The van der Waals surface area contributed by atoms with E-state index in [9.17, 15) is 9.67 Å². The zero-order valence-corrected chi connectivity index (χ0v) is 20.0. The van der Waals surface area contributed by atoms with Crippen molar-refractivity contribution in [2.45, 2.75) is 46.6 Å². The van der Waals surface area contributed by atoms with Gasteiger partial charge in [-0.05, 0) is 87.4 Å². The normalized spacial score (nSPS) is 11.6. The number of phenols is 1. The van der Waals surface area contributed by atoms with Gasteiger partial charge in [0, 0.05) is 0 Å². The first-order valence-electron chi connectivity index (χ1n) is 10.8. The molecule has 1 atom stereocenters. The van der Waals surface area contributed by atoms with Crippen LogP contribution in [0.5, 0.6) is 11.5 Å². The van der Waals surface area contributed by atoms with Gasteiger partial charge in [0.25, 0.3) is 0 Å². The summed E-state index contributed by atoms with van der Waals surface area (Å²) in [5.74, 6) is 1.33. The molecule has 1 unspecified atom stereocenters. The maximum absolute atomic E-state index is 12.0. The predicted octanol–water partition coefficient (Wildman–Crippen LogP) is 6.52. The van der Waals surface area contributed by atoms with E-state index in [1.165, 1.54) is 11.1 Å². The first kappa shape index (κ1) is 23.9. The number of aromatic hydroxyl groups is 1. The molecule has 0 radical (unpaired) electrons. The zero-order valence-electron chi connectivity index (χ0n) is 19.1. The highest BCUT2D eigenvalue weighted by Crippen LogP contribution is 2.29. The number of ether oxygens (including phenoxy) is 1. The fourth-order valence-corrected chi connectivity index (χ4v) is 4.15. The van der Waals surface area contributed by atoms with E-state index in [4.69, 9.17) is 9.26 Å². The van der Waals surface area contributed by atoms with E-state index in [1.54, 1.807) is 6.07 Å². The second-order valence-corrected chi connectivity index (χ2v) is 9.31. The average molecular weight is 453 g/mol. The quantitative estimate of drug-likeness (QED) is 0.271. The Bertz CT molecular complexity index is 1040. The van der Waals surface area contributed by atoms with E-state index in [0.717, 1.165) is 34.4 Å². The summed E-state index contributed by atoms with van der Waals surface area (Å²) in [5, 5.41) is 12.8. The van der Waals surface area contributed by atoms with E-state index in [0.29, 0.717) is 5.75 Å². The Labute approximate surface area is 191 Å². The SMILES string of the molecule is Cc1cc(OCN[P+](=O)OCc2ccccc2)cc(C)c1Cc1ccc(O)c(C(C)C)c1. The molecule has 0 fully saturated rings. The molecule has 5 nitrogen and oxygen atoms in total. The fraction of sp³-hybridized carbons (Fsp3) is 0.308. The summed E-state index contributed by atoms with van der Waals surface area (Å²) in [5.41, 5.74) is 6.60. The number of aryl methyl sites for hydroxylation is 2. The van der Waals surface area contributed by atoms with E-state index in [1.807, 2.05) is 48.5 Å². The van der Waals surface area contributed by atoms with Gasteiger partial charge in [0.15, 0.2) is 6.73 Å². The van der Waals surface area contributed by atoms with Crippen molar-refractivity contribution in [2.24, 2.45) is 0 Å². The summed E-state index contributed by atoms with van der Waals surface area (Å²) < 4.78 is 23.1. The molecule has 32 heavy (non-hydrogen) atoms. The highest BCUT2D eigenvalue weighted by Gasteiger charge is 2.18. The van der Waals surface area contributed by atoms with Crippen LogP contribution in [-0.4, -0.2) is 11.8 Å². The monoisotopic (exact) mass is 452 g/mol. The van der Waals surface area contributed by atoms with Gasteiger partial charge >= 0.3 is 8.18 Å². The minimum atomic E-state index is -2.01. The lowest BCUT2D eigenvalue weighted by Gasteiger charge is -2.15. The van der Waals surface area contributed by atoms with Crippen molar-refractivity contribution in [3.63, 3.8) is 0 Å². The molecule has 0 aliphatic rings.